The van der Waals surface area contributed by atoms with Crippen LogP contribution in [-0.2, 0) is 0 Å². The summed E-state index contributed by atoms with van der Waals surface area (Å²) in [6.07, 6.45) is 3.96. The lowest BCUT2D eigenvalue weighted by Gasteiger charge is -2.28. The fourth-order valence-corrected chi connectivity index (χ4v) is 3.05. The molecular formula is C17H18N6. The number of amidine groups is 1. The van der Waals surface area contributed by atoms with Crippen LogP contribution in [0, 0.1) is 6.92 Å². The number of fused-ring (bicyclic) bond motifs is 3. The maximum Gasteiger partial charge on any atom is 0.224 e. The van der Waals surface area contributed by atoms with Crippen molar-refractivity contribution in [3.63, 3.8) is 0 Å². The number of hydrogen-bond acceptors (Lipinski definition) is 6. The third-order valence-corrected chi connectivity index (χ3v) is 4.21. The molecule has 2 aliphatic heterocycles. The van der Waals surface area contributed by atoms with Crippen LogP contribution in [0.4, 0.5) is 17.5 Å². The summed E-state index contributed by atoms with van der Waals surface area (Å²) in [5.41, 5.74) is 11.1. The number of aliphatic imine (C=N–C) groups is 1. The first kappa shape index (κ1) is 13.8. The molecule has 4 rings (SSSR count). The van der Waals surface area contributed by atoms with E-state index in [4.69, 9.17) is 10.7 Å². The Balaban J connectivity index is 1.92. The van der Waals surface area contributed by atoms with E-state index in [9.17, 15) is 0 Å². The van der Waals surface area contributed by atoms with E-state index in [2.05, 4.69) is 33.2 Å². The normalized spacial score (nSPS) is 15.7. The average Bonchev–Trinajstić information content (AvgIpc) is 3.06. The summed E-state index contributed by atoms with van der Waals surface area (Å²) in [6.45, 7) is 3.69. The number of nitrogens with two attached hydrogens (primary N) is 1. The van der Waals surface area contributed by atoms with Crippen LogP contribution in [0.2, 0.25) is 0 Å². The van der Waals surface area contributed by atoms with Crippen LogP contribution in [0.25, 0.3) is 11.6 Å². The predicted octanol–water partition coefficient (Wildman–Crippen LogP) is 2.18. The summed E-state index contributed by atoms with van der Waals surface area (Å²) in [5.74, 6) is 2.49. The monoisotopic (exact) mass is 306 g/mol. The molecule has 0 saturated carbocycles. The van der Waals surface area contributed by atoms with Crippen LogP contribution in [0.5, 0.6) is 0 Å². The van der Waals surface area contributed by atoms with Crippen LogP contribution in [0.15, 0.2) is 29.4 Å². The zero-order chi connectivity index (χ0) is 16.0. The van der Waals surface area contributed by atoms with Crippen molar-refractivity contribution in [2.75, 3.05) is 36.1 Å². The summed E-state index contributed by atoms with van der Waals surface area (Å²) in [6, 6.07) is 5.97. The quantitative estimate of drug-likeness (QED) is 0.831. The molecule has 0 spiro atoms. The van der Waals surface area contributed by atoms with E-state index in [1.807, 2.05) is 31.4 Å². The maximum absolute atomic E-state index is 5.99. The van der Waals surface area contributed by atoms with Gasteiger partial charge in [0.25, 0.3) is 0 Å². The molecule has 116 valence electrons. The van der Waals surface area contributed by atoms with Gasteiger partial charge in [-0.3, -0.25) is 4.99 Å². The van der Waals surface area contributed by atoms with Gasteiger partial charge in [-0.1, -0.05) is 6.07 Å². The zero-order valence-corrected chi connectivity index (χ0v) is 13.2. The van der Waals surface area contributed by atoms with Crippen molar-refractivity contribution in [2.45, 2.75) is 6.92 Å². The van der Waals surface area contributed by atoms with Crippen molar-refractivity contribution < 1.29 is 0 Å². The van der Waals surface area contributed by atoms with Gasteiger partial charge < -0.3 is 16.0 Å². The van der Waals surface area contributed by atoms with Gasteiger partial charge in [0.1, 0.15) is 11.7 Å². The molecule has 2 aromatic rings. The highest BCUT2D eigenvalue weighted by Gasteiger charge is 2.30. The lowest BCUT2D eigenvalue weighted by molar-refractivity contribution is 0.985. The molecule has 3 heterocycles. The molecule has 3 N–H and O–H groups in total. The van der Waals surface area contributed by atoms with Crippen LogP contribution < -0.4 is 16.0 Å². The lowest BCUT2D eigenvalue weighted by atomic mass is 9.94. The first-order chi connectivity index (χ1) is 11.2. The predicted molar refractivity (Wildman–Crippen MR) is 94.7 cm³/mol. The van der Waals surface area contributed by atoms with E-state index >= 15 is 0 Å². The SMILES string of the molecule is CNc1ncc2c(n1)N1CCN=C1C(c1cc(N)ccc1C)=C2. The number of anilines is 3. The molecule has 0 saturated heterocycles. The molecule has 0 bridgehead atoms. The lowest BCUT2D eigenvalue weighted by Crippen LogP contribution is -2.32. The van der Waals surface area contributed by atoms with Gasteiger partial charge in [-0.15, -0.1) is 0 Å². The fraction of sp³-hybridized carbons (Fsp3) is 0.235. The van der Waals surface area contributed by atoms with E-state index < -0.39 is 0 Å². The fourth-order valence-electron chi connectivity index (χ4n) is 3.05. The molecular weight excluding hydrogens is 288 g/mol. The number of nitrogens with zero attached hydrogens (tertiary/aromatic N) is 4. The minimum atomic E-state index is 0.618. The van der Waals surface area contributed by atoms with E-state index in [0.29, 0.717) is 5.95 Å². The standard InChI is InChI=1S/C17H18N6/c1-10-3-4-12(18)8-13(10)14-7-11-9-21-17(19-2)22-15(11)23-6-5-20-16(14)23/h3-4,7-9H,5-6,18H2,1-2H3,(H,19,21,22). The Morgan fingerprint density at radius 3 is 3.00 bits per heavy atom. The molecule has 2 aliphatic rings. The summed E-state index contributed by atoms with van der Waals surface area (Å²) in [7, 11) is 1.82. The van der Waals surface area contributed by atoms with Gasteiger partial charge in [-0.25, -0.2) is 4.98 Å². The second-order valence-corrected chi connectivity index (χ2v) is 5.71. The number of rotatable bonds is 2. The topological polar surface area (TPSA) is 79.4 Å². The molecule has 0 fully saturated rings. The van der Waals surface area contributed by atoms with Crippen molar-refractivity contribution in [2.24, 2.45) is 4.99 Å². The molecule has 1 aromatic carbocycles. The maximum atomic E-state index is 5.99. The Morgan fingerprint density at radius 1 is 1.30 bits per heavy atom. The van der Waals surface area contributed by atoms with Crippen LogP contribution in [0.1, 0.15) is 16.7 Å². The van der Waals surface area contributed by atoms with E-state index in [1.54, 1.807) is 0 Å². The summed E-state index contributed by atoms with van der Waals surface area (Å²) in [4.78, 5) is 15.8. The Bertz CT molecular complexity index is 852. The van der Waals surface area contributed by atoms with Gasteiger partial charge in [-0.2, -0.15) is 4.98 Å². The highest BCUT2D eigenvalue weighted by atomic mass is 15.3. The number of benzene rings is 1. The first-order valence-corrected chi connectivity index (χ1v) is 7.63. The number of nitrogens with one attached hydrogen (secondary N) is 1. The molecule has 6 heteroatoms. The summed E-state index contributed by atoms with van der Waals surface area (Å²) in [5, 5.41) is 2.99. The minimum Gasteiger partial charge on any atom is -0.399 e. The number of hydrogen-bond donors (Lipinski definition) is 2. The molecule has 0 aliphatic carbocycles. The van der Waals surface area contributed by atoms with Gasteiger partial charge in [0.05, 0.1) is 6.54 Å². The highest BCUT2D eigenvalue weighted by Crippen LogP contribution is 2.36. The Kier molecular flexibility index (Phi) is 3.04. The van der Waals surface area contributed by atoms with E-state index in [0.717, 1.165) is 47.1 Å². The van der Waals surface area contributed by atoms with Gasteiger partial charge >= 0.3 is 0 Å². The van der Waals surface area contributed by atoms with Crippen molar-refractivity contribution in [3.05, 3.63) is 41.1 Å². The molecule has 0 atom stereocenters. The molecule has 1 aromatic heterocycles. The third kappa shape index (κ3) is 2.14. The van der Waals surface area contributed by atoms with Crippen molar-refractivity contribution >= 4 is 34.9 Å². The number of aryl methyl sites for hydroxylation is 1. The van der Waals surface area contributed by atoms with Crippen molar-refractivity contribution in [1.29, 1.82) is 0 Å². The highest BCUT2D eigenvalue weighted by molar-refractivity contribution is 6.36. The Morgan fingerprint density at radius 2 is 2.17 bits per heavy atom. The second-order valence-electron chi connectivity index (χ2n) is 5.71. The minimum absolute atomic E-state index is 0.618. The van der Waals surface area contributed by atoms with Crippen molar-refractivity contribution in [3.8, 4) is 0 Å². The van der Waals surface area contributed by atoms with Gasteiger partial charge in [-0.05, 0) is 36.3 Å². The van der Waals surface area contributed by atoms with Crippen LogP contribution >= 0.6 is 0 Å². The average molecular weight is 306 g/mol. The van der Waals surface area contributed by atoms with Crippen molar-refractivity contribution in [1.82, 2.24) is 9.97 Å². The van der Waals surface area contributed by atoms with Crippen LogP contribution in [0.3, 0.4) is 0 Å². The largest absolute Gasteiger partial charge is 0.399 e. The molecule has 0 amide bonds. The molecule has 0 radical (unpaired) electrons. The van der Waals surface area contributed by atoms with Gasteiger partial charge in [0.15, 0.2) is 0 Å². The third-order valence-electron chi connectivity index (χ3n) is 4.21. The molecule has 6 nitrogen and oxygen atoms in total. The Labute approximate surface area is 134 Å². The zero-order valence-electron chi connectivity index (χ0n) is 13.2. The smallest absolute Gasteiger partial charge is 0.224 e. The number of nitrogen functional groups attached to an aromatic ring is 1. The van der Waals surface area contributed by atoms with E-state index in [-0.39, 0.29) is 0 Å². The van der Waals surface area contributed by atoms with Gasteiger partial charge in [0, 0.05) is 36.6 Å². The first-order valence-electron chi connectivity index (χ1n) is 7.63. The van der Waals surface area contributed by atoms with Crippen LogP contribution in [-0.4, -0.2) is 35.9 Å². The Hall–Kier alpha value is -2.89. The van der Waals surface area contributed by atoms with E-state index in [1.165, 1.54) is 5.56 Å². The molecule has 0 unspecified atom stereocenters. The van der Waals surface area contributed by atoms with Gasteiger partial charge in [0.2, 0.25) is 5.95 Å². The summed E-state index contributed by atoms with van der Waals surface area (Å²) >= 11 is 0. The number of aromatic nitrogens is 2. The molecule has 23 heavy (non-hydrogen) atoms. The second kappa shape index (κ2) is 5.08. The summed E-state index contributed by atoms with van der Waals surface area (Å²) < 4.78 is 0.